The van der Waals surface area contributed by atoms with Crippen LogP contribution in [0.1, 0.15) is 22.2 Å². The number of carbonyl (C=O) groups excluding carboxylic acids is 1. The lowest BCUT2D eigenvalue weighted by atomic mass is 9.99. The molecule has 26 heavy (non-hydrogen) atoms. The largest absolute Gasteiger partial charge is 0.355 e. The molecular weight excluding hydrogens is 328 g/mol. The highest BCUT2D eigenvalue weighted by Crippen LogP contribution is 2.29. The van der Waals surface area contributed by atoms with E-state index in [1.54, 1.807) is 11.0 Å². The number of amides is 1. The maximum Gasteiger partial charge on any atom is 0.276 e. The number of para-hydroxylation sites is 2. The fraction of sp³-hybridized carbons (Fsp3) is 0.150. The zero-order valence-electron chi connectivity index (χ0n) is 13.9. The second kappa shape index (κ2) is 5.84. The second-order valence-electron chi connectivity index (χ2n) is 6.49. The number of aromatic nitrogens is 3. The van der Waals surface area contributed by atoms with Crippen LogP contribution in [0.25, 0.3) is 22.4 Å². The molecule has 1 amide bonds. The van der Waals surface area contributed by atoms with Gasteiger partial charge in [0, 0.05) is 24.7 Å². The smallest absolute Gasteiger partial charge is 0.276 e. The van der Waals surface area contributed by atoms with Gasteiger partial charge in [-0.1, -0.05) is 47.6 Å². The van der Waals surface area contributed by atoms with E-state index in [1.165, 1.54) is 0 Å². The van der Waals surface area contributed by atoms with Crippen molar-refractivity contribution in [3.8, 4) is 11.3 Å². The molecule has 5 rings (SSSR count). The van der Waals surface area contributed by atoms with Gasteiger partial charge in [-0.15, -0.1) is 0 Å². The average Bonchev–Trinajstić information content (AvgIpc) is 3.28. The summed E-state index contributed by atoms with van der Waals surface area (Å²) in [4.78, 5) is 22.3. The van der Waals surface area contributed by atoms with Crippen LogP contribution in [0.3, 0.4) is 0 Å². The highest BCUT2D eigenvalue weighted by Gasteiger charge is 2.35. The minimum Gasteiger partial charge on any atom is -0.355 e. The van der Waals surface area contributed by atoms with E-state index < -0.39 is 0 Å². The predicted molar refractivity (Wildman–Crippen MR) is 96.7 cm³/mol. The molecule has 2 aromatic heterocycles. The normalized spacial score (nSPS) is 14.5. The summed E-state index contributed by atoms with van der Waals surface area (Å²) in [6, 6.07) is 19.3. The van der Waals surface area contributed by atoms with Gasteiger partial charge in [0.15, 0.2) is 11.5 Å². The summed E-state index contributed by atoms with van der Waals surface area (Å²) in [5.74, 6) is 1.65. The first-order valence-corrected chi connectivity index (χ1v) is 8.54. The molecular formula is C20H16N4O2. The molecule has 4 aromatic rings. The van der Waals surface area contributed by atoms with Gasteiger partial charge in [-0.05, 0) is 12.1 Å². The zero-order chi connectivity index (χ0) is 17.5. The number of imidazole rings is 1. The Bertz CT molecular complexity index is 1040. The molecule has 1 saturated heterocycles. The third kappa shape index (κ3) is 2.47. The topological polar surface area (TPSA) is 75.0 Å². The summed E-state index contributed by atoms with van der Waals surface area (Å²) in [5.41, 5.74) is 3.22. The van der Waals surface area contributed by atoms with Crippen LogP contribution >= 0.6 is 0 Å². The van der Waals surface area contributed by atoms with Crippen LogP contribution in [0.2, 0.25) is 0 Å². The van der Waals surface area contributed by atoms with Gasteiger partial charge < -0.3 is 14.4 Å². The summed E-state index contributed by atoms with van der Waals surface area (Å²) >= 11 is 0. The minimum absolute atomic E-state index is 0.108. The van der Waals surface area contributed by atoms with Crippen molar-refractivity contribution in [2.24, 2.45) is 0 Å². The highest BCUT2D eigenvalue weighted by molar-refractivity contribution is 5.93. The lowest BCUT2D eigenvalue weighted by Gasteiger charge is -2.37. The van der Waals surface area contributed by atoms with Gasteiger partial charge in [0.2, 0.25) is 0 Å². The van der Waals surface area contributed by atoms with Crippen LogP contribution in [0.5, 0.6) is 0 Å². The van der Waals surface area contributed by atoms with Crippen molar-refractivity contribution in [1.82, 2.24) is 20.0 Å². The van der Waals surface area contributed by atoms with Crippen molar-refractivity contribution >= 4 is 16.9 Å². The van der Waals surface area contributed by atoms with E-state index in [9.17, 15) is 4.79 Å². The molecule has 3 heterocycles. The Morgan fingerprint density at radius 2 is 1.85 bits per heavy atom. The van der Waals surface area contributed by atoms with E-state index in [0.717, 1.165) is 22.4 Å². The first-order chi connectivity index (χ1) is 12.8. The lowest BCUT2D eigenvalue weighted by molar-refractivity contribution is 0.0585. The molecule has 0 atom stereocenters. The van der Waals surface area contributed by atoms with E-state index in [4.69, 9.17) is 4.52 Å². The fourth-order valence-corrected chi connectivity index (χ4v) is 3.26. The number of benzene rings is 2. The molecule has 6 heteroatoms. The second-order valence-corrected chi connectivity index (χ2v) is 6.49. The molecule has 1 aliphatic rings. The Kier molecular flexibility index (Phi) is 3.35. The van der Waals surface area contributed by atoms with Crippen molar-refractivity contribution in [1.29, 1.82) is 0 Å². The molecule has 1 fully saturated rings. The molecule has 0 unspecified atom stereocenters. The number of hydrogen-bond acceptors (Lipinski definition) is 4. The molecule has 0 radical (unpaired) electrons. The summed E-state index contributed by atoms with van der Waals surface area (Å²) in [7, 11) is 0. The number of H-pyrrole nitrogens is 1. The summed E-state index contributed by atoms with van der Waals surface area (Å²) in [6.07, 6.45) is 0. The number of aromatic amines is 1. The Balaban J connectivity index is 1.29. The summed E-state index contributed by atoms with van der Waals surface area (Å²) in [5, 5.41) is 3.94. The van der Waals surface area contributed by atoms with Gasteiger partial charge in [0.25, 0.3) is 5.91 Å². The molecule has 0 spiro atoms. The number of nitrogens with one attached hydrogen (secondary N) is 1. The maximum absolute atomic E-state index is 12.6. The van der Waals surface area contributed by atoms with Gasteiger partial charge in [0.05, 0.1) is 17.0 Å². The fourth-order valence-electron chi connectivity index (χ4n) is 3.26. The monoisotopic (exact) mass is 344 g/mol. The van der Waals surface area contributed by atoms with Crippen molar-refractivity contribution < 1.29 is 9.32 Å². The zero-order valence-corrected chi connectivity index (χ0v) is 13.9. The quantitative estimate of drug-likeness (QED) is 0.617. The van der Waals surface area contributed by atoms with E-state index in [-0.39, 0.29) is 11.8 Å². The first-order valence-electron chi connectivity index (χ1n) is 8.54. The Morgan fingerprint density at radius 1 is 1.08 bits per heavy atom. The van der Waals surface area contributed by atoms with Gasteiger partial charge in [0.1, 0.15) is 5.82 Å². The van der Waals surface area contributed by atoms with Crippen LogP contribution in [-0.2, 0) is 0 Å². The van der Waals surface area contributed by atoms with E-state index in [2.05, 4.69) is 15.1 Å². The van der Waals surface area contributed by atoms with E-state index in [0.29, 0.717) is 24.5 Å². The van der Waals surface area contributed by atoms with Crippen LogP contribution in [0.4, 0.5) is 0 Å². The van der Waals surface area contributed by atoms with Crippen LogP contribution < -0.4 is 0 Å². The van der Waals surface area contributed by atoms with Crippen molar-refractivity contribution in [3.63, 3.8) is 0 Å². The van der Waals surface area contributed by atoms with Gasteiger partial charge in [-0.3, -0.25) is 4.79 Å². The average molecular weight is 344 g/mol. The first kappa shape index (κ1) is 14.9. The molecule has 1 aliphatic heterocycles. The number of hydrogen-bond donors (Lipinski definition) is 1. The van der Waals surface area contributed by atoms with Gasteiger partial charge in [-0.2, -0.15) is 0 Å². The summed E-state index contributed by atoms with van der Waals surface area (Å²) < 4.78 is 5.33. The number of likely N-dealkylation sites (tertiary alicyclic amines) is 1. The third-order valence-corrected chi connectivity index (χ3v) is 4.75. The van der Waals surface area contributed by atoms with Crippen LogP contribution in [0, 0.1) is 0 Å². The molecule has 0 aliphatic carbocycles. The minimum atomic E-state index is -0.108. The molecule has 0 bridgehead atoms. The molecule has 0 saturated carbocycles. The SMILES string of the molecule is O=C(c1cc(-c2ccccc2)on1)N1CC(c2nc3ccccc3[nH]2)C1. The number of carbonyl (C=O) groups is 1. The lowest BCUT2D eigenvalue weighted by Crippen LogP contribution is -2.48. The van der Waals surface area contributed by atoms with Crippen molar-refractivity contribution in [2.45, 2.75) is 5.92 Å². The Hall–Kier alpha value is -3.41. The van der Waals surface area contributed by atoms with E-state index >= 15 is 0 Å². The molecule has 2 aromatic carbocycles. The predicted octanol–water partition coefficient (Wildman–Crippen LogP) is 3.46. The number of rotatable bonds is 3. The third-order valence-electron chi connectivity index (χ3n) is 4.75. The van der Waals surface area contributed by atoms with E-state index in [1.807, 2.05) is 54.6 Å². The number of fused-ring (bicyclic) bond motifs is 1. The van der Waals surface area contributed by atoms with Crippen molar-refractivity contribution in [3.05, 3.63) is 72.2 Å². The molecule has 6 nitrogen and oxygen atoms in total. The highest BCUT2D eigenvalue weighted by atomic mass is 16.5. The number of nitrogens with zero attached hydrogens (tertiary/aromatic N) is 3. The van der Waals surface area contributed by atoms with Crippen LogP contribution in [0.15, 0.2) is 65.2 Å². The molecule has 128 valence electrons. The van der Waals surface area contributed by atoms with Gasteiger partial charge >= 0.3 is 0 Å². The Labute approximate surface area is 149 Å². The standard InChI is InChI=1S/C20H16N4O2/c25-20(17-10-18(26-23-17)13-6-2-1-3-7-13)24-11-14(12-24)19-21-15-8-4-5-9-16(15)22-19/h1-10,14H,11-12H2,(H,21,22). The Morgan fingerprint density at radius 3 is 2.65 bits per heavy atom. The maximum atomic E-state index is 12.6. The van der Waals surface area contributed by atoms with Crippen molar-refractivity contribution in [2.75, 3.05) is 13.1 Å². The van der Waals surface area contributed by atoms with Gasteiger partial charge in [-0.25, -0.2) is 4.98 Å². The summed E-state index contributed by atoms with van der Waals surface area (Å²) in [6.45, 7) is 1.26. The molecule has 1 N–H and O–H groups in total. The van der Waals surface area contributed by atoms with Crippen LogP contribution in [-0.4, -0.2) is 39.0 Å².